The number of carbonyl (C=O) groups is 2. The fourth-order valence-electron chi connectivity index (χ4n) is 3.17. The van der Waals surface area contributed by atoms with Crippen LogP contribution < -0.4 is 15.6 Å². The number of anilines is 1. The first-order valence-corrected chi connectivity index (χ1v) is 11.1. The quantitative estimate of drug-likeness (QED) is 0.292. The molecule has 0 bridgehead atoms. The summed E-state index contributed by atoms with van der Waals surface area (Å²) in [5.74, 6) is -0.449. The summed E-state index contributed by atoms with van der Waals surface area (Å²) in [5.41, 5.74) is 6.97. The molecule has 6 nitrogen and oxygen atoms in total. The van der Waals surface area contributed by atoms with Crippen molar-refractivity contribution in [3.8, 4) is 0 Å². The minimum absolute atomic E-state index is 0.0961. The molecule has 0 aromatic heterocycles. The number of carbonyl (C=O) groups excluding carboxylic acids is 2. The van der Waals surface area contributed by atoms with Gasteiger partial charge in [0.05, 0.1) is 6.21 Å². The second-order valence-electron chi connectivity index (χ2n) is 8.38. The summed E-state index contributed by atoms with van der Waals surface area (Å²) in [4.78, 5) is 27.6. The third-order valence-electron chi connectivity index (χ3n) is 5.23. The Balaban J connectivity index is 1.78. The molecule has 0 aliphatic rings. The molecule has 3 aromatic carbocycles. The van der Waals surface area contributed by atoms with Gasteiger partial charge < -0.3 is 10.2 Å². The van der Waals surface area contributed by atoms with Gasteiger partial charge in [-0.1, -0.05) is 68.4 Å². The molecule has 34 heavy (non-hydrogen) atoms. The van der Waals surface area contributed by atoms with E-state index in [-0.39, 0.29) is 11.6 Å². The van der Waals surface area contributed by atoms with Crippen LogP contribution in [-0.2, 0) is 4.79 Å². The normalized spacial score (nSPS) is 11.5. The second-order valence-corrected chi connectivity index (χ2v) is 8.38. The summed E-state index contributed by atoms with van der Waals surface area (Å²) in [7, 11) is 3.91. The molecule has 174 valence electrons. The lowest BCUT2D eigenvalue weighted by Crippen LogP contribution is -2.32. The van der Waals surface area contributed by atoms with Crippen LogP contribution in [0.15, 0.2) is 89.7 Å². The van der Waals surface area contributed by atoms with Crippen LogP contribution in [0.25, 0.3) is 6.08 Å². The molecule has 0 aliphatic carbocycles. The van der Waals surface area contributed by atoms with Crippen LogP contribution in [0.5, 0.6) is 0 Å². The molecule has 2 amide bonds. The van der Waals surface area contributed by atoms with E-state index >= 15 is 0 Å². The largest absolute Gasteiger partial charge is 0.378 e. The fraction of sp³-hybridized carbons (Fsp3) is 0.179. The Morgan fingerprint density at radius 2 is 1.47 bits per heavy atom. The fourth-order valence-corrected chi connectivity index (χ4v) is 3.17. The highest BCUT2D eigenvalue weighted by atomic mass is 16.2. The molecule has 0 atom stereocenters. The first-order chi connectivity index (χ1) is 16.3. The summed E-state index contributed by atoms with van der Waals surface area (Å²) < 4.78 is 0. The van der Waals surface area contributed by atoms with Crippen LogP contribution in [0.4, 0.5) is 5.69 Å². The Kier molecular flexibility index (Phi) is 8.35. The van der Waals surface area contributed by atoms with Crippen molar-refractivity contribution in [1.82, 2.24) is 10.7 Å². The maximum Gasteiger partial charge on any atom is 0.287 e. The number of hydrazone groups is 1. The van der Waals surface area contributed by atoms with Gasteiger partial charge in [-0.15, -0.1) is 0 Å². The van der Waals surface area contributed by atoms with Gasteiger partial charge in [0.15, 0.2) is 0 Å². The lowest BCUT2D eigenvalue weighted by molar-refractivity contribution is -0.117. The Bertz CT molecular complexity index is 1160. The van der Waals surface area contributed by atoms with Crippen molar-refractivity contribution in [2.45, 2.75) is 19.8 Å². The van der Waals surface area contributed by atoms with Crippen molar-refractivity contribution >= 4 is 29.8 Å². The summed E-state index contributed by atoms with van der Waals surface area (Å²) in [5, 5.41) is 6.79. The maximum atomic E-state index is 12.9. The van der Waals surface area contributed by atoms with Crippen LogP contribution in [-0.4, -0.2) is 32.1 Å². The molecule has 0 radical (unpaired) electrons. The van der Waals surface area contributed by atoms with E-state index in [2.05, 4.69) is 29.7 Å². The lowest BCUT2D eigenvalue weighted by Gasteiger charge is -2.12. The third kappa shape index (κ3) is 6.90. The van der Waals surface area contributed by atoms with Crippen molar-refractivity contribution in [3.63, 3.8) is 0 Å². The van der Waals surface area contributed by atoms with Gasteiger partial charge in [0.25, 0.3) is 11.8 Å². The van der Waals surface area contributed by atoms with Crippen LogP contribution in [0.2, 0.25) is 0 Å². The van der Waals surface area contributed by atoms with Crippen LogP contribution in [0, 0.1) is 0 Å². The predicted molar refractivity (Wildman–Crippen MR) is 139 cm³/mol. The number of nitrogens with zero attached hydrogens (tertiary/aromatic N) is 2. The standard InChI is InChI=1S/C28H30N4O2/c1-20(2)23-14-10-22(11-15-23)19-29-31-28(34)26(30-27(33)24-8-6-5-7-9-24)18-21-12-16-25(17-13-21)32(3)4/h5-20H,1-4H3,(H,30,33)(H,31,34)/b26-18+,29-19-. The molecule has 0 fully saturated rings. The first kappa shape index (κ1) is 24.5. The lowest BCUT2D eigenvalue weighted by atomic mass is 10.0. The van der Waals surface area contributed by atoms with Crippen molar-refractivity contribution in [1.29, 1.82) is 0 Å². The van der Waals surface area contributed by atoms with Gasteiger partial charge in [0.1, 0.15) is 5.70 Å². The van der Waals surface area contributed by atoms with Gasteiger partial charge in [-0.3, -0.25) is 9.59 Å². The van der Waals surface area contributed by atoms with Crippen molar-refractivity contribution < 1.29 is 9.59 Å². The Morgan fingerprint density at radius 3 is 2.06 bits per heavy atom. The first-order valence-electron chi connectivity index (χ1n) is 11.1. The molecule has 0 saturated carbocycles. The zero-order valence-electron chi connectivity index (χ0n) is 19.9. The summed E-state index contributed by atoms with van der Waals surface area (Å²) >= 11 is 0. The van der Waals surface area contributed by atoms with E-state index in [1.165, 1.54) is 5.56 Å². The highest BCUT2D eigenvalue weighted by molar-refractivity contribution is 6.05. The average molecular weight is 455 g/mol. The monoisotopic (exact) mass is 454 g/mol. The Labute approximate surface area is 201 Å². The van der Waals surface area contributed by atoms with Crippen LogP contribution in [0.3, 0.4) is 0 Å². The third-order valence-corrected chi connectivity index (χ3v) is 5.23. The van der Waals surface area contributed by atoms with Gasteiger partial charge in [-0.2, -0.15) is 5.10 Å². The molecule has 0 spiro atoms. The van der Waals surface area contributed by atoms with Crippen molar-refractivity contribution in [2.75, 3.05) is 19.0 Å². The van der Waals surface area contributed by atoms with E-state index in [1.807, 2.05) is 73.6 Å². The molecule has 0 heterocycles. The highest BCUT2D eigenvalue weighted by Gasteiger charge is 2.14. The van der Waals surface area contributed by atoms with Gasteiger partial charge >= 0.3 is 0 Å². The molecule has 0 unspecified atom stereocenters. The highest BCUT2D eigenvalue weighted by Crippen LogP contribution is 2.15. The molecular weight excluding hydrogens is 424 g/mol. The summed E-state index contributed by atoms with van der Waals surface area (Å²) in [6.45, 7) is 4.27. The van der Waals surface area contributed by atoms with Crippen LogP contribution >= 0.6 is 0 Å². The number of hydrogen-bond acceptors (Lipinski definition) is 4. The number of rotatable bonds is 8. The van der Waals surface area contributed by atoms with Gasteiger partial charge in [-0.05, 0) is 52.9 Å². The molecule has 3 rings (SSSR count). The minimum atomic E-state index is -0.518. The second kappa shape index (κ2) is 11.6. The van der Waals surface area contributed by atoms with E-state index in [0.29, 0.717) is 11.5 Å². The van der Waals surface area contributed by atoms with E-state index < -0.39 is 5.91 Å². The van der Waals surface area contributed by atoms with E-state index in [4.69, 9.17) is 0 Å². The molecule has 6 heteroatoms. The maximum absolute atomic E-state index is 12.9. The molecular formula is C28H30N4O2. The molecule has 0 saturated heterocycles. The van der Waals surface area contributed by atoms with Crippen molar-refractivity contribution in [2.24, 2.45) is 5.10 Å². The summed E-state index contributed by atoms with van der Waals surface area (Å²) in [6.07, 6.45) is 3.20. The SMILES string of the molecule is CC(C)c1ccc(/C=N\NC(=O)/C(=C\c2ccc(N(C)C)cc2)NC(=O)c2ccccc2)cc1. The Morgan fingerprint density at radius 1 is 0.853 bits per heavy atom. The van der Waals surface area contributed by atoms with Gasteiger partial charge in [0.2, 0.25) is 0 Å². The smallest absolute Gasteiger partial charge is 0.287 e. The van der Waals surface area contributed by atoms with E-state index in [9.17, 15) is 9.59 Å². The average Bonchev–Trinajstić information content (AvgIpc) is 2.84. The number of amides is 2. The van der Waals surface area contributed by atoms with Gasteiger partial charge in [-0.25, -0.2) is 5.43 Å². The van der Waals surface area contributed by atoms with Gasteiger partial charge in [0, 0.05) is 25.3 Å². The van der Waals surface area contributed by atoms with E-state index in [1.54, 1.807) is 36.6 Å². The Hall–Kier alpha value is -4.19. The van der Waals surface area contributed by atoms with Crippen molar-refractivity contribution in [3.05, 3.63) is 107 Å². The predicted octanol–water partition coefficient (Wildman–Crippen LogP) is 4.80. The zero-order chi connectivity index (χ0) is 24.5. The number of benzene rings is 3. The molecule has 3 aromatic rings. The molecule has 2 N–H and O–H groups in total. The number of nitrogens with one attached hydrogen (secondary N) is 2. The summed E-state index contributed by atoms with van der Waals surface area (Å²) in [6, 6.07) is 24.4. The van der Waals surface area contributed by atoms with Crippen LogP contribution in [0.1, 0.15) is 46.8 Å². The zero-order valence-corrected chi connectivity index (χ0v) is 19.9. The number of hydrogen-bond donors (Lipinski definition) is 2. The minimum Gasteiger partial charge on any atom is -0.378 e. The van der Waals surface area contributed by atoms with E-state index in [0.717, 1.165) is 16.8 Å². The molecule has 0 aliphatic heterocycles. The topological polar surface area (TPSA) is 73.8 Å².